The maximum absolute atomic E-state index is 9.33. The highest BCUT2D eigenvalue weighted by molar-refractivity contribution is 7.09. The molecule has 2 rings (SSSR count). The maximum atomic E-state index is 9.33. The highest BCUT2D eigenvalue weighted by atomic mass is 32.1. The molecule has 0 radical (unpaired) electrons. The topological polar surface area (TPSA) is 45.1 Å². The van der Waals surface area contributed by atoms with Crippen LogP contribution >= 0.6 is 11.3 Å². The van der Waals surface area contributed by atoms with Crippen molar-refractivity contribution in [2.75, 3.05) is 6.61 Å². The zero-order chi connectivity index (χ0) is 10.5. The van der Waals surface area contributed by atoms with Gasteiger partial charge in [0.05, 0.1) is 12.6 Å². The summed E-state index contributed by atoms with van der Waals surface area (Å²) < 4.78 is 0. The zero-order valence-corrected chi connectivity index (χ0v) is 9.67. The van der Waals surface area contributed by atoms with E-state index < -0.39 is 0 Å². The molecule has 15 heavy (non-hydrogen) atoms. The quantitative estimate of drug-likeness (QED) is 0.826. The van der Waals surface area contributed by atoms with Crippen molar-refractivity contribution in [2.45, 2.75) is 44.2 Å². The SMILES string of the molecule is OCC(NC1CCCCC1)c1nccs1. The first kappa shape index (κ1) is 11.0. The second kappa shape index (κ2) is 5.58. The van der Waals surface area contributed by atoms with Crippen LogP contribution in [0.3, 0.4) is 0 Å². The molecule has 0 bridgehead atoms. The van der Waals surface area contributed by atoms with Crippen LogP contribution in [0.4, 0.5) is 0 Å². The minimum Gasteiger partial charge on any atom is -0.394 e. The highest BCUT2D eigenvalue weighted by Crippen LogP contribution is 2.22. The molecule has 0 spiro atoms. The Morgan fingerprint density at radius 2 is 2.27 bits per heavy atom. The van der Waals surface area contributed by atoms with Gasteiger partial charge in [0.25, 0.3) is 0 Å². The lowest BCUT2D eigenvalue weighted by molar-refractivity contribution is 0.220. The van der Waals surface area contributed by atoms with Crippen LogP contribution in [0.5, 0.6) is 0 Å². The van der Waals surface area contributed by atoms with Crippen molar-refractivity contribution in [3.05, 3.63) is 16.6 Å². The molecule has 1 heterocycles. The normalized spacial score (nSPS) is 20.3. The Bertz CT molecular complexity index is 270. The van der Waals surface area contributed by atoms with E-state index in [1.807, 2.05) is 5.38 Å². The fourth-order valence-corrected chi connectivity index (χ4v) is 2.85. The van der Waals surface area contributed by atoms with Crippen LogP contribution < -0.4 is 5.32 Å². The predicted molar refractivity (Wildman–Crippen MR) is 61.9 cm³/mol. The molecule has 1 aromatic heterocycles. The van der Waals surface area contributed by atoms with Gasteiger partial charge in [0, 0.05) is 17.6 Å². The molecular formula is C11H18N2OS. The average Bonchev–Trinajstić information content (AvgIpc) is 2.81. The van der Waals surface area contributed by atoms with Gasteiger partial charge in [-0.1, -0.05) is 19.3 Å². The van der Waals surface area contributed by atoms with Crippen LogP contribution in [0.1, 0.15) is 43.2 Å². The first-order valence-corrected chi connectivity index (χ1v) is 6.54. The number of nitrogens with one attached hydrogen (secondary N) is 1. The van der Waals surface area contributed by atoms with Gasteiger partial charge in [-0.15, -0.1) is 11.3 Å². The molecule has 1 aromatic rings. The molecule has 0 saturated heterocycles. The zero-order valence-electron chi connectivity index (χ0n) is 8.85. The summed E-state index contributed by atoms with van der Waals surface area (Å²) >= 11 is 1.61. The van der Waals surface area contributed by atoms with Gasteiger partial charge in [-0.2, -0.15) is 0 Å². The monoisotopic (exact) mass is 226 g/mol. The summed E-state index contributed by atoms with van der Waals surface area (Å²) in [7, 11) is 0. The van der Waals surface area contributed by atoms with Crippen LogP contribution in [0.15, 0.2) is 11.6 Å². The number of nitrogens with zero attached hydrogens (tertiary/aromatic N) is 1. The van der Waals surface area contributed by atoms with Crippen molar-refractivity contribution < 1.29 is 5.11 Å². The van der Waals surface area contributed by atoms with Crippen LogP contribution in [0.2, 0.25) is 0 Å². The molecule has 0 aromatic carbocycles. The largest absolute Gasteiger partial charge is 0.394 e. The third-order valence-corrected chi connectivity index (χ3v) is 3.86. The minimum absolute atomic E-state index is 0.0353. The first-order chi connectivity index (χ1) is 7.40. The molecular weight excluding hydrogens is 208 g/mol. The van der Waals surface area contributed by atoms with Crippen molar-refractivity contribution in [3.63, 3.8) is 0 Å². The van der Waals surface area contributed by atoms with Crippen LogP contribution in [-0.2, 0) is 0 Å². The Labute approximate surface area is 94.5 Å². The number of aliphatic hydroxyl groups excluding tert-OH is 1. The van der Waals surface area contributed by atoms with Crippen LogP contribution in [0.25, 0.3) is 0 Å². The molecule has 1 saturated carbocycles. The van der Waals surface area contributed by atoms with E-state index >= 15 is 0 Å². The second-order valence-electron chi connectivity index (χ2n) is 4.11. The molecule has 1 aliphatic carbocycles. The van der Waals surface area contributed by atoms with E-state index in [-0.39, 0.29) is 12.6 Å². The van der Waals surface area contributed by atoms with Gasteiger partial charge in [-0.05, 0) is 12.8 Å². The molecule has 2 N–H and O–H groups in total. The van der Waals surface area contributed by atoms with E-state index in [0.29, 0.717) is 6.04 Å². The maximum Gasteiger partial charge on any atom is 0.112 e. The fraction of sp³-hybridized carbons (Fsp3) is 0.727. The molecule has 0 amide bonds. The number of hydrogen-bond acceptors (Lipinski definition) is 4. The standard InChI is InChI=1S/C11H18N2OS/c14-8-10(11-12-6-7-15-11)13-9-4-2-1-3-5-9/h6-7,9-10,13-14H,1-5,8H2. The summed E-state index contributed by atoms with van der Waals surface area (Å²) in [6, 6.07) is 0.605. The van der Waals surface area contributed by atoms with E-state index in [2.05, 4.69) is 10.3 Å². The number of aromatic nitrogens is 1. The van der Waals surface area contributed by atoms with Crippen molar-refractivity contribution in [1.29, 1.82) is 0 Å². The molecule has 3 nitrogen and oxygen atoms in total. The van der Waals surface area contributed by atoms with E-state index in [9.17, 15) is 5.11 Å². The average molecular weight is 226 g/mol. The number of thiazole rings is 1. The molecule has 1 atom stereocenters. The van der Waals surface area contributed by atoms with Gasteiger partial charge in [-0.25, -0.2) is 4.98 Å². The molecule has 0 aliphatic heterocycles. The first-order valence-electron chi connectivity index (χ1n) is 5.66. The van der Waals surface area contributed by atoms with Crippen molar-refractivity contribution in [1.82, 2.24) is 10.3 Å². The lowest BCUT2D eigenvalue weighted by atomic mass is 9.95. The summed E-state index contributed by atoms with van der Waals surface area (Å²) in [4.78, 5) is 4.25. The van der Waals surface area contributed by atoms with E-state index in [1.165, 1.54) is 32.1 Å². The van der Waals surface area contributed by atoms with E-state index in [1.54, 1.807) is 17.5 Å². The Hall–Kier alpha value is -0.450. The fourth-order valence-electron chi connectivity index (χ4n) is 2.16. The highest BCUT2D eigenvalue weighted by Gasteiger charge is 2.19. The predicted octanol–water partition coefficient (Wildman–Crippen LogP) is 2.10. The van der Waals surface area contributed by atoms with Gasteiger partial charge in [-0.3, -0.25) is 0 Å². The number of hydrogen-bond donors (Lipinski definition) is 2. The Balaban J connectivity index is 1.90. The summed E-state index contributed by atoms with van der Waals surface area (Å²) in [5.74, 6) is 0. The summed E-state index contributed by atoms with van der Waals surface area (Å²) in [5.41, 5.74) is 0. The lowest BCUT2D eigenvalue weighted by Gasteiger charge is -2.26. The summed E-state index contributed by atoms with van der Waals surface area (Å²) in [5, 5.41) is 15.8. The molecule has 84 valence electrons. The Kier molecular flexibility index (Phi) is 4.11. The number of rotatable bonds is 4. The van der Waals surface area contributed by atoms with Crippen molar-refractivity contribution >= 4 is 11.3 Å². The van der Waals surface area contributed by atoms with Gasteiger partial charge in [0.1, 0.15) is 5.01 Å². The summed E-state index contributed by atoms with van der Waals surface area (Å²) in [6.45, 7) is 0.143. The van der Waals surface area contributed by atoms with Gasteiger partial charge in [0.15, 0.2) is 0 Å². The van der Waals surface area contributed by atoms with Gasteiger partial charge in [0.2, 0.25) is 0 Å². The molecule has 1 aliphatic rings. The third kappa shape index (κ3) is 3.00. The molecule has 1 fully saturated rings. The van der Waals surface area contributed by atoms with E-state index in [0.717, 1.165) is 5.01 Å². The van der Waals surface area contributed by atoms with Crippen molar-refractivity contribution in [3.8, 4) is 0 Å². The molecule has 4 heteroatoms. The number of aliphatic hydroxyl groups is 1. The smallest absolute Gasteiger partial charge is 0.112 e. The molecule has 1 unspecified atom stereocenters. The summed E-state index contributed by atoms with van der Waals surface area (Å²) in [6.07, 6.45) is 8.26. The lowest BCUT2D eigenvalue weighted by Crippen LogP contribution is -2.36. The second-order valence-corrected chi connectivity index (χ2v) is 5.03. The van der Waals surface area contributed by atoms with E-state index in [4.69, 9.17) is 0 Å². The Morgan fingerprint density at radius 1 is 1.47 bits per heavy atom. The van der Waals surface area contributed by atoms with Crippen LogP contribution in [0, 0.1) is 0 Å². The Morgan fingerprint density at radius 3 is 2.87 bits per heavy atom. The van der Waals surface area contributed by atoms with Gasteiger partial charge < -0.3 is 10.4 Å². The minimum atomic E-state index is 0.0353. The van der Waals surface area contributed by atoms with Crippen molar-refractivity contribution in [2.24, 2.45) is 0 Å². The third-order valence-electron chi connectivity index (χ3n) is 2.97. The van der Waals surface area contributed by atoms with Crippen LogP contribution in [-0.4, -0.2) is 22.7 Å². The van der Waals surface area contributed by atoms with Gasteiger partial charge >= 0.3 is 0 Å².